The molecule has 9 heteroatoms. The predicted octanol–water partition coefficient (Wildman–Crippen LogP) is -1.46. The van der Waals surface area contributed by atoms with Gasteiger partial charge in [0.05, 0.1) is 12.2 Å². The van der Waals surface area contributed by atoms with Crippen molar-refractivity contribution in [2.75, 3.05) is 6.61 Å². The van der Waals surface area contributed by atoms with Crippen LogP contribution in [0.1, 0.15) is 24.8 Å². The maximum absolute atomic E-state index is 11.7. The molecule has 0 aliphatic carbocycles. The molecule has 6 N–H and O–H groups in total. The molecule has 0 radical (unpaired) electrons. The number of hydrogen-bond donors (Lipinski definition) is 5. The SMILES string of the molecule is CC(N)c1cn([C@@H]2O[C@H](CO)[C@@H](O)[C@H]2O)c(=S)[nH]c1=O. The van der Waals surface area contributed by atoms with Gasteiger partial charge >= 0.3 is 0 Å². The van der Waals surface area contributed by atoms with Crippen LogP contribution < -0.4 is 11.3 Å². The van der Waals surface area contributed by atoms with Crippen LogP contribution in [0.3, 0.4) is 0 Å². The van der Waals surface area contributed by atoms with Crippen LogP contribution in [-0.4, -0.2) is 49.8 Å². The standard InChI is InChI=1S/C11H17N3O5S/c1-4(12)5-2-14(11(20)13-9(5)18)10-8(17)7(16)6(3-15)19-10/h2,4,6-8,10,15-17H,3,12H2,1H3,(H,13,18,20)/t4?,6-,7-,8-,10-/m1/s1. The Morgan fingerprint density at radius 3 is 2.70 bits per heavy atom. The highest BCUT2D eigenvalue weighted by molar-refractivity contribution is 7.71. The average molecular weight is 303 g/mol. The Hall–Kier alpha value is -1.10. The minimum atomic E-state index is -1.27. The topological polar surface area (TPSA) is 134 Å². The molecule has 20 heavy (non-hydrogen) atoms. The van der Waals surface area contributed by atoms with Crippen LogP contribution >= 0.6 is 12.2 Å². The first kappa shape index (κ1) is 15.3. The lowest BCUT2D eigenvalue weighted by Gasteiger charge is -2.19. The fourth-order valence-corrected chi connectivity index (χ4v) is 2.37. The quantitative estimate of drug-likeness (QED) is 0.431. The van der Waals surface area contributed by atoms with Crippen molar-refractivity contribution < 1.29 is 20.1 Å². The first-order valence-corrected chi connectivity index (χ1v) is 6.51. The molecule has 1 aromatic rings. The summed E-state index contributed by atoms with van der Waals surface area (Å²) in [5, 5.41) is 28.8. The third-order valence-electron chi connectivity index (χ3n) is 3.28. The molecule has 0 aromatic carbocycles. The molecule has 1 unspecified atom stereocenters. The van der Waals surface area contributed by atoms with Gasteiger partial charge in [0.15, 0.2) is 11.0 Å². The van der Waals surface area contributed by atoms with Crippen molar-refractivity contribution in [2.24, 2.45) is 5.73 Å². The van der Waals surface area contributed by atoms with Crippen molar-refractivity contribution in [1.29, 1.82) is 0 Å². The molecule has 1 fully saturated rings. The van der Waals surface area contributed by atoms with E-state index in [0.29, 0.717) is 0 Å². The Labute approximate surface area is 119 Å². The second kappa shape index (κ2) is 5.72. The van der Waals surface area contributed by atoms with Crippen molar-refractivity contribution in [3.63, 3.8) is 0 Å². The molecule has 1 aromatic heterocycles. The highest BCUT2D eigenvalue weighted by Gasteiger charge is 2.43. The van der Waals surface area contributed by atoms with E-state index < -0.39 is 42.7 Å². The van der Waals surface area contributed by atoms with E-state index in [2.05, 4.69) is 4.98 Å². The summed E-state index contributed by atoms with van der Waals surface area (Å²) in [7, 11) is 0. The summed E-state index contributed by atoms with van der Waals surface area (Å²) >= 11 is 5.02. The number of nitrogens with zero attached hydrogens (tertiary/aromatic N) is 1. The zero-order valence-corrected chi connectivity index (χ0v) is 11.6. The second-order valence-corrected chi connectivity index (χ2v) is 5.16. The zero-order valence-electron chi connectivity index (χ0n) is 10.8. The largest absolute Gasteiger partial charge is 0.394 e. The lowest BCUT2D eigenvalue weighted by atomic mass is 10.1. The molecule has 0 spiro atoms. The van der Waals surface area contributed by atoms with Crippen LogP contribution in [-0.2, 0) is 4.74 Å². The summed E-state index contributed by atoms with van der Waals surface area (Å²) in [6.45, 7) is 1.20. The van der Waals surface area contributed by atoms with Gasteiger partial charge in [-0.05, 0) is 19.1 Å². The van der Waals surface area contributed by atoms with Gasteiger partial charge in [-0.2, -0.15) is 0 Å². The normalized spacial score (nSPS) is 31.4. The van der Waals surface area contributed by atoms with Gasteiger partial charge in [-0.15, -0.1) is 0 Å². The zero-order chi connectivity index (χ0) is 15.0. The maximum Gasteiger partial charge on any atom is 0.256 e. The third kappa shape index (κ3) is 2.55. The van der Waals surface area contributed by atoms with E-state index in [1.807, 2.05) is 0 Å². The van der Waals surface area contributed by atoms with Gasteiger partial charge in [0.1, 0.15) is 18.3 Å². The van der Waals surface area contributed by atoms with Crippen molar-refractivity contribution in [3.05, 3.63) is 26.9 Å². The van der Waals surface area contributed by atoms with E-state index in [4.69, 9.17) is 27.8 Å². The summed E-state index contributed by atoms with van der Waals surface area (Å²) in [6, 6.07) is -0.530. The molecule has 5 atom stereocenters. The molecular formula is C11H17N3O5S. The third-order valence-corrected chi connectivity index (χ3v) is 3.59. The highest BCUT2D eigenvalue weighted by atomic mass is 32.1. The summed E-state index contributed by atoms with van der Waals surface area (Å²) < 4.78 is 6.71. The lowest BCUT2D eigenvalue weighted by Crippen LogP contribution is -2.34. The van der Waals surface area contributed by atoms with Gasteiger partial charge in [0.25, 0.3) is 5.56 Å². The second-order valence-electron chi connectivity index (χ2n) is 4.77. The summed E-state index contributed by atoms with van der Waals surface area (Å²) in [6.07, 6.45) is -3.03. The van der Waals surface area contributed by atoms with Gasteiger partial charge in [-0.25, -0.2) is 0 Å². The fraction of sp³-hybridized carbons (Fsp3) is 0.636. The fourth-order valence-electron chi connectivity index (χ4n) is 2.12. The lowest BCUT2D eigenvalue weighted by molar-refractivity contribution is -0.0542. The number of nitrogens with one attached hydrogen (secondary N) is 1. The minimum Gasteiger partial charge on any atom is -0.394 e. The number of aromatic amines is 1. The van der Waals surface area contributed by atoms with Gasteiger partial charge in [0.2, 0.25) is 0 Å². The van der Waals surface area contributed by atoms with Crippen molar-refractivity contribution >= 4 is 12.2 Å². The van der Waals surface area contributed by atoms with E-state index in [-0.39, 0.29) is 10.3 Å². The van der Waals surface area contributed by atoms with Crippen LogP contribution in [0.5, 0.6) is 0 Å². The molecule has 0 saturated carbocycles. The smallest absolute Gasteiger partial charge is 0.256 e. The molecule has 2 rings (SSSR count). The average Bonchev–Trinajstić information content (AvgIpc) is 2.66. The monoisotopic (exact) mass is 303 g/mol. The number of rotatable bonds is 3. The van der Waals surface area contributed by atoms with Crippen molar-refractivity contribution in [2.45, 2.75) is 37.5 Å². The van der Waals surface area contributed by atoms with E-state index in [1.54, 1.807) is 6.92 Å². The molecule has 1 saturated heterocycles. The predicted molar refractivity (Wildman–Crippen MR) is 71.5 cm³/mol. The van der Waals surface area contributed by atoms with Crippen LogP contribution in [0, 0.1) is 4.77 Å². The van der Waals surface area contributed by atoms with Crippen LogP contribution in [0.25, 0.3) is 0 Å². The van der Waals surface area contributed by atoms with Gasteiger partial charge in [-0.1, -0.05) is 0 Å². The number of nitrogens with two attached hydrogens (primary N) is 1. The van der Waals surface area contributed by atoms with E-state index in [1.165, 1.54) is 10.8 Å². The maximum atomic E-state index is 11.7. The minimum absolute atomic E-state index is 0.0363. The Bertz CT molecular complexity index is 598. The molecule has 112 valence electrons. The number of aromatic nitrogens is 2. The van der Waals surface area contributed by atoms with E-state index >= 15 is 0 Å². The van der Waals surface area contributed by atoms with Crippen molar-refractivity contribution in [1.82, 2.24) is 9.55 Å². The number of aliphatic hydroxyl groups excluding tert-OH is 3. The van der Waals surface area contributed by atoms with E-state index in [0.717, 1.165) is 0 Å². The Balaban J connectivity index is 2.46. The molecule has 2 heterocycles. The molecule has 0 bridgehead atoms. The first-order chi connectivity index (χ1) is 9.36. The van der Waals surface area contributed by atoms with Crippen LogP contribution in [0.2, 0.25) is 0 Å². The number of ether oxygens (including phenoxy) is 1. The highest BCUT2D eigenvalue weighted by Crippen LogP contribution is 2.29. The number of hydrogen-bond acceptors (Lipinski definition) is 7. The summed E-state index contributed by atoms with van der Waals surface area (Å²) in [5.74, 6) is 0. The first-order valence-electron chi connectivity index (χ1n) is 6.10. The molecule has 1 aliphatic rings. The van der Waals surface area contributed by atoms with Crippen molar-refractivity contribution in [3.8, 4) is 0 Å². The summed E-state index contributed by atoms with van der Waals surface area (Å²) in [5.41, 5.74) is 5.55. The Morgan fingerprint density at radius 2 is 2.20 bits per heavy atom. The molecule has 8 nitrogen and oxygen atoms in total. The molecular weight excluding hydrogens is 286 g/mol. The van der Waals surface area contributed by atoms with E-state index in [9.17, 15) is 15.0 Å². The van der Waals surface area contributed by atoms with Gasteiger partial charge in [-0.3, -0.25) is 14.3 Å². The summed E-state index contributed by atoms with van der Waals surface area (Å²) in [4.78, 5) is 14.1. The van der Waals surface area contributed by atoms with Gasteiger partial charge < -0.3 is 25.8 Å². The Kier molecular flexibility index (Phi) is 4.37. The number of H-pyrrole nitrogens is 1. The Morgan fingerprint density at radius 1 is 1.55 bits per heavy atom. The number of aliphatic hydroxyl groups is 3. The molecule has 1 aliphatic heterocycles. The van der Waals surface area contributed by atoms with Crippen LogP contribution in [0.4, 0.5) is 0 Å². The van der Waals surface area contributed by atoms with Gasteiger partial charge in [0, 0.05) is 12.2 Å². The van der Waals surface area contributed by atoms with Crippen LogP contribution in [0.15, 0.2) is 11.0 Å². The molecule has 0 amide bonds.